The molecule has 1 aliphatic heterocycles. The van der Waals surface area contributed by atoms with Crippen LogP contribution in [0, 0.1) is 0 Å². The highest BCUT2D eigenvalue weighted by atomic mass is 32.2. The highest BCUT2D eigenvalue weighted by Crippen LogP contribution is 2.23. The van der Waals surface area contributed by atoms with Crippen molar-refractivity contribution in [3.05, 3.63) is 48.3 Å². The Balaban J connectivity index is 1.56. The minimum Gasteiger partial charge on any atom is -0.367 e. The van der Waals surface area contributed by atoms with Crippen LogP contribution in [-0.4, -0.2) is 48.1 Å². The molecule has 2 aromatic rings. The maximum atomic E-state index is 11.8. The van der Waals surface area contributed by atoms with E-state index in [2.05, 4.69) is 27.4 Å². The predicted molar refractivity (Wildman–Crippen MR) is 101 cm³/mol. The summed E-state index contributed by atoms with van der Waals surface area (Å²) in [6, 6.07) is 10.2. The summed E-state index contributed by atoms with van der Waals surface area (Å²) in [6.45, 7) is 1.15. The standard InChI is InChI=1S/C17H22N4O2S2/c1-25(22,23)21-9-5-8-15(21)10-19-16-11-18-12-17(20-16)24-13-14-6-3-2-4-7-14/h2-4,6-7,11-12,15H,5,8-10,13H2,1H3,(H,19,20)/t15-/m1/s1. The lowest BCUT2D eigenvalue weighted by Crippen LogP contribution is -2.38. The molecule has 134 valence electrons. The number of aromatic nitrogens is 2. The van der Waals surface area contributed by atoms with Crippen molar-refractivity contribution in [2.45, 2.75) is 29.7 Å². The number of benzene rings is 1. The van der Waals surface area contributed by atoms with Crippen molar-refractivity contribution in [2.75, 3.05) is 24.7 Å². The van der Waals surface area contributed by atoms with Crippen molar-refractivity contribution >= 4 is 27.6 Å². The fourth-order valence-corrected chi connectivity index (χ4v) is 4.89. The van der Waals surface area contributed by atoms with E-state index in [1.807, 2.05) is 18.2 Å². The van der Waals surface area contributed by atoms with Gasteiger partial charge >= 0.3 is 0 Å². The van der Waals surface area contributed by atoms with Crippen LogP contribution in [0.4, 0.5) is 5.82 Å². The van der Waals surface area contributed by atoms with Gasteiger partial charge in [-0.25, -0.2) is 13.4 Å². The van der Waals surface area contributed by atoms with Crippen molar-refractivity contribution in [2.24, 2.45) is 0 Å². The molecule has 3 rings (SSSR count). The molecule has 1 aromatic heterocycles. The van der Waals surface area contributed by atoms with Crippen LogP contribution in [0.5, 0.6) is 0 Å². The Kier molecular flexibility index (Phi) is 5.93. The molecule has 0 radical (unpaired) electrons. The van der Waals surface area contributed by atoms with Gasteiger partial charge in [0.15, 0.2) is 0 Å². The van der Waals surface area contributed by atoms with E-state index < -0.39 is 10.0 Å². The maximum Gasteiger partial charge on any atom is 0.211 e. The first-order valence-electron chi connectivity index (χ1n) is 8.22. The molecule has 0 saturated carbocycles. The van der Waals surface area contributed by atoms with E-state index in [1.54, 1.807) is 28.5 Å². The van der Waals surface area contributed by atoms with Crippen molar-refractivity contribution < 1.29 is 8.42 Å². The van der Waals surface area contributed by atoms with Crippen LogP contribution < -0.4 is 5.32 Å². The summed E-state index contributed by atoms with van der Waals surface area (Å²) >= 11 is 1.63. The zero-order valence-corrected chi connectivity index (χ0v) is 15.8. The van der Waals surface area contributed by atoms with E-state index in [9.17, 15) is 8.42 Å². The number of sulfonamides is 1. The molecule has 0 aliphatic carbocycles. The molecule has 1 aromatic carbocycles. The molecule has 0 spiro atoms. The Labute approximate surface area is 153 Å². The second-order valence-electron chi connectivity index (χ2n) is 6.07. The molecular weight excluding hydrogens is 356 g/mol. The smallest absolute Gasteiger partial charge is 0.211 e. The number of nitrogens with zero attached hydrogens (tertiary/aromatic N) is 3. The second-order valence-corrected chi connectivity index (χ2v) is 9.00. The summed E-state index contributed by atoms with van der Waals surface area (Å²) in [4.78, 5) is 8.79. The zero-order chi connectivity index (χ0) is 17.7. The van der Waals surface area contributed by atoms with Gasteiger partial charge in [0.25, 0.3) is 0 Å². The normalized spacial score (nSPS) is 18.4. The van der Waals surface area contributed by atoms with Gasteiger partial charge in [-0.05, 0) is 18.4 Å². The average molecular weight is 379 g/mol. The number of anilines is 1. The molecule has 2 heterocycles. The van der Waals surface area contributed by atoms with Crippen molar-refractivity contribution in [1.29, 1.82) is 0 Å². The molecule has 1 N–H and O–H groups in total. The van der Waals surface area contributed by atoms with Crippen LogP contribution in [0.2, 0.25) is 0 Å². The van der Waals surface area contributed by atoms with Crippen molar-refractivity contribution in [3.8, 4) is 0 Å². The van der Waals surface area contributed by atoms with Crippen molar-refractivity contribution in [3.63, 3.8) is 0 Å². The quantitative estimate of drug-likeness (QED) is 0.747. The number of hydrogen-bond acceptors (Lipinski definition) is 6. The van der Waals surface area contributed by atoms with E-state index in [4.69, 9.17) is 0 Å². The molecule has 8 heteroatoms. The van der Waals surface area contributed by atoms with E-state index in [-0.39, 0.29) is 6.04 Å². The van der Waals surface area contributed by atoms with Crippen LogP contribution >= 0.6 is 11.8 Å². The summed E-state index contributed by atoms with van der Waals surface area (Å²) in [5.74, 6) is 1.52. The van der Waals surface area contributed by atoms with Crippen molar-refractivity contribution in [1.82, 2.24) is 14.3 Å². The van der Waals surface area contributed by atoms with Crippen LogP contribution in [-0.2, 0) is 15.8 Å². The summed E-state index contributed by atoms with van der Waals surface area (Å²) in [5, 5.41) is 4.08. The Morgan fingerprint density at radius 1 is 1.28 bits per heavy atom. The number of rotatable bonds is 7. The van der Waals surface area contributed by atoms with Gasteiger partial charge in [-0.15, -0.1) is 11.8 Å². The first-order valence-corrected chi connectivity index (χ1v) is 11.1. The first-order chi connectivity index (χ1) is 12.0. The highest BCUT2D eigenvalue weighted by Gasteiger charge is 2.31. The summed E-state index contributed by atoms with van der Waals surface area (Å²) in [6.07, 6.45) is 6.46. The van der Waals surface area contributed by atoms with Crippen LogP contribution in [0.15, 0.2) is 47.8 Å². The van der Waals surface area contributed by atoms with Gasteiger partial charge in [-0.1, -0.05) is 30.3 Å². The van der Waals surface area contributed by atoms with E-state index >= 15 is 0 Å². The second kappa shape index (κ2) is 8.16. The van der Waals surface area contributed by atoms with Gasteiger partial charge in [0.05, 0.1) is 18.6 Å². The van der Waals surface area contributed by atoms with Crippen LogP contribution in [0.3, 0.4) is 0 Å². The maximum absolute atomic E-state index is 11.8. The van der Waals surface area contributed by atoms with Gasteiger partial charge in [0.1, 0.15) is 10.8 Å². The SMILES string of the molecule is CS(=O)(=O)N1CCC[C@@H]1CNc1cncc(SCc2ccccc2)n1. The third-order valence-corrected chi connectivity index (χ3v) is 6.41. The number of thioether (sulfide) groups is 1. The molecule has 0 unspecified atom stereocenters. The topological polar surface area (TPSA) is 75.2 Å². The third kappa shape index (κ3) is 5.17. The third-order valence-electron chi connectivity index (χ3n) is 4.11. The molecule has 1 fully saturated rings. The molecular formula is C17H22N4O2S2. The van der Waals surface area contributed by atoms with E-state index in [0.717, 1.165) is 23.6 Å². The molecule has 0 bridgehead atoms. The summed E-state index contributed by atoms with van der Waals surface area (Å²) in [5.41, 5.74) is 1.24. The fraction of sp³-hybridized carbons (Fsp3) is 0.412. The monoisotopic (exact) mass is 378 g/mol. The van der Waals surface area contributed by atoms with E-state index in [1.165, 1.54) is 11.8 Å². The lowest BCUT2D eigenvalue weighted by atomic mass is 10.2. The van der Waals surface area contributed by atoms with Gasteiger partial charge in [0.2, 0.25) is 10.0 Å². The predicted octanol–water partition coefficient (Wildman–Crippen LogP) is 2.60. The number of nitrogens with one attached hydrogen (secondary N) is 1. The van der Waals surface area contributed by atoms with Gasteiger partial charge in [-0.2, -0.15) is 4.31 Å². The summed E-state index contributed by atoms with van der Waals surface area (Å²) < 4.78 is 25.2. The minimum absolute atomic E-state index is 0.0163. The molecule has 0 amide bonds. The molecule has 1 aliphatic rings. The van der Waals surface area contributed by atoms with E-state index in [0.29, 0.717) is 18.9 Å². The molecule has 1 atom stereocenters. The van der Waals surface area contributed by atoms with Gasteiger partial charge in [-0.3, -0.25) is 4.98 Å². The van der Waals surface area contributed by atoms with Gasteiger partial charge < -0.3 is 5.32 Å². The van der Waals surface area contributed by atoms with Crippen LogP contribution in [0.1, 0.15) is 18.4 Å². The average Bonchev–Trinajstić information content (AvgIpc) is 3.09. The first kappa shape index (κ1) is 18.2. The highest BCUT2D eigenvalue weighted by molar-refractivity contribution is 7.98. The number of hydrogen-bond donors (Lipinski definition) is 1. The molecule has 25 heavy (non-hydrogen) atoms. The zero-order valence-electron chi connectivity index (χ0n) is 14.1. The summed E-state index contributed by atoms with van der Waals surface area (Å²) in [7, 11) is -3.15. The largest absolute Gasteiger partial charge is 0.367 e. The Bertz CT molecular complexity index is 799. The van der Waals surface area contributed by atoms with Crippen LogP contribution in [0.25, 0.3) is 0 Å². The minimum atomic E-state index is -3.15. The fourth-order valence-electron chi connectivity index (χ4n) is 2.91. The lowest BCUT2D eigenvalue weighted by molar-refractivity contribution is 0.402. The molecule has 6 nitrogen and oxygen atoms in total. The Morgan fingerprint density at radius 3 is 2.84 bits per heavy atom. The Morgan fingerprint density at radius 2 is 2.08 bits per heavy atom. The Hall–Kier alpha value is -1.64. The molecule has 1 saturated heterocycles. The van der Waals surface area contributed by atoms with Gasteiger partial charge in [0, 0.05) is 24.9 Å². The lowest BCUT2D eigenvalue weighted by Gasteiger charge is -2.22.